The first-order chi connectivity index (χ1) is 7.47. The lowest BCUT2D eigenvalue weighted by atomic mass is 9.86. The predicted molar refractivity (Wildman–Crippen MR) is 67.8 cm³/mol. The van der Waals surface area contributed by atoms with Gasteiger partial charge in [-0.05, 0) is 36.3 Å². The van der Waals surface area contributed by atoms with Crippen LogP contribution in [0.4, 0.5) is 0 Å². The van der Waals surface area contributed by atoms with Crippen molar-refractivity contribution in [2.75, 3.05) is 0 Å². The van der Waals surface area contributed by atoms with E-state index in [-0.39, 0.29) is 5.41 Å². The molecule has 16 heavy (non-hydrogen) atoms. The second-order valence-electron chi connectivity index (χ2n) is 5.87. The molecule has 0 saturated carbocycles. The molecule has 1 saturated heterocycles. The van der Waals surface area contributed by atoms with Crippen LogP contribution < -0.4 is 0 Å². The molecular weight excluding hydrogens is 196 g/mol. The van der Waals surface area contributed by atoms with Gasteiger partial charge in [0.25, 0.3) is 0 Å². The zero-order chi connectivity index (χ0) is 11.8. The highest BCUT2D eigenvalue weighted by Gasteiger charge is 2.33. The first-order valence-electron chi connectivity index (χ1n) is 6.22. The third-order valence-electron chi connectivity index (χ3n) is 3.37. The number of benzene rings is 1. The fraction of sp³-hybridized carbons (Fsp3) is 0.600. The molecule has 1 heterocycles. The Morgan fingerprint density at radius 2 is 1.69 bits per heavy atom. The summed E-state index contributed by atoms with van der Waals surface area (Å²) in [5.74, 6) is 0. The molecule has 0 aliphatic carbocycles. The largest absolute Gasteiger partial charge is 0.370 e. The second-order valence-corrected chi connectivity index (χ2v) is 5.87. The molecule has 1 aromatic carbocycles. The maximum atomic E-state index is 5.42. The molecule has 2 atom stereocenters. The van der Waals surface area contributed by atoms with Gasteiger partial charge in [0.2, 0.25) is 0 Å². The first kappa shape index (κ1) is 11.7. The van der Waals surface area contributed by atoms with Crippen LogP contribution in [0.1, 0.15) is 45.2 Å². The Morgan fingerprint density at radius 1 is 1.12 bits per heavy atom. The molecule has 1 aromatic rings. The standard InChI is InChI=1S/C15H22O/c1-11-14(16-11)10-7-12-5-8-13(9-6-12)15(2,3)4/h5-6,8-9,11,14H,7,10H2,1-4H3. The number of ether oxygens (including phenoxy) is 1. The van der Waals surface area contributed by atoms with Crippen LogP contribution in [-0.2, 0) is 16.6 Å². The summed E-state index contributed by atoms with van der Waals surface area (Å²) in [6.07, 6.45) is 3.31. The van der Waals surface area contributed by atoms with Crippen LogP contribution in [0.3, 0.4) is 0 Å². The maximum Gasteiger partial charge on any atom is 0.0842 e. The SMILES string of the molecule is CC1OC1CCc1ccc(C(C)(C)C)cc1. The number of rotatable bonds is 3. The van der Waals surface area contributed by atoms with E-state index >= 15 is 0 Å². The van der Waals surface area contributed by atoms with Crippen LogP contribution in [-0.4, -0.2) is 12.2 Å². The minimum atomic E-state index is 0.257. The van der Waals surface area contributed by atoms with Crippen molar-refractivity contribution in [3.63, 3.8) is 0 Å². The third kappa shape index (κ3) is 2.85. The second kappa shape index (κ2) is 4.21. The summed E-state index contributed by atoms with van der Waals surface area (Å²) in [5, 5.41) is 0. The van der Waals surface area contributed by atoms with Gasteiger partial charge in [-0.25, -0.2) is 0 Å². The summed E-state index contributed by atoms with van der Waals surface area (Å²) in [6, 6.07) is 9.03. The number of hydrogen-bond donors (Lipinski definition) is 0. The van der Waals surface area contributed by atoms with E-state index in [0.717, 1.165) is 12.8 Å². The molecule has 1 nitrogen and oxygen atoms in total. The Bertz CT molecular complexity index is 345. The van der Waals surface area contributed by atoms with Crippen molar-refractivity contribution < 1.29 is 4.74 Å². The molecule has 88 valence electrons. The van der Waals surface area contributed by atoms with Crippen molar-refractivity contribution in [3.8, 4) is 0 Å². The van der Waals surface area contributed by atoms with E-state index in [9.17, 15) is 0 Å². The van der Waals surface area contributed by atoms with Gasteiger partial charge in [0.05, 0.1) is 12.2 Å². The highest BCUT2D eigenvalue weighted by molar-refractivity contribution is 5.27. The van der Waals surface area contributed by atoms with Gasteiger partial charge in [-0.3, -0.25) is 0 Å². The van der Waals surface area contributed by atoms with Gasteiger partial charge in [-0.15, -0.1) is 0 Å². The Balaban J connectivity index is 1.91. The van der Waals surface area contributed by atoms with E-state index in [4.69, 9.17) is 4.74 Å². The summed E-state index contributed by atoms with van der Waals surface area (Å²) in [6.45, 7) is 8.90. The Morgan fingerprint density at radius 3 is 2.12 bits per heavy atom. The van der Waals surface area contributed by atoms with Gasteiger partial charge in [0.1, 0.15) is 0 Å². The van der Waals surface area contributed by atoms with Gasteiger partial charge in [-0.2, -0.15) is 0 Å². The molecule has 2 rings (SSSR count). The molecule has 1 aliphatic heterocycles. The molecule has 0 aromatic heterocycles. The highest BCUT2D eigenvalue weighted by Crippen LogP contribution is 2.27. The minimum Gasteiger partial charge on any atom is -0.370 e. The predicted octanol–water partition coefficient (Wildman–Crippen LogP) is 3.70. The van der Waals surface area contributed by atoms with Crippen molar-refractivity contribution >= 4 is 0 Å². The molecule has 2 unspecified atom stereocenters. The lowest BCUT2D eigenvalue weighted by Crippen LogP contribution is -2.10. The molecule has 0 N–H and O–H groups in total. The molecule has 1 heteroatoms. The van der Waals surface area contributed by atoms with E-state index < -0.39 is 0 Å². The Hall–Kier alpha value is -0.820. The Labute approximate surface area is 98.8 Å². The van der Waals surface area contributed by atoms with Gasteiger partial charge in [0.15, 0.2) is 0 Å². The molecule has 0 bridgehead atoms. The zero-order valence-electron chi connectivity index (χ0n) is 10.8. The van der Waals surface area contributed by atoms with Crippen molar-refractivity contribution in [1.82, 2.24) is 0 Å². The van der Waals surface area contributed by atoms with Crippen LogP contribution in [0, 0.1) is 0 Å². The Kier molecular flexibility index (Phi) is 3.07. The van der Waals surface area contributed by atoms with E-state index in [0.29, 0.717) is 12.2 Å². The van der Waals surface area contributed by atoms with Crippen molar-refractivity contribution in [3.05, 3.63) is 35.4 Å². The van der Waals surface area contributed by atoms with Gasteiger partial charge < -0.3 is 4.74 Å². The van der Waals surface area contributed by atoms with Gasteiger partial charge in [0, 0.05) is 0 Å². The molecular formula is C15H22O. The molecule has 1 fully saturated rings. The molecule has 0 amide bonds. The third-order valence-corrected chi connectivity index (χ3v) is 3.37. The average Bonchev–Trinajstić information content (AvgIpc) is 2.91. The topological polar surface area (TPSA) is 12.5 Å². The number of aryl methyl sites for hydroxylation is 1. The number of hydrogen-bond acceptors (Lipinski definition) is 1. The quantitative estimate of drug-likeness (QED) is 0.705. The van der Waals surface area contributed by atoms with Gasteiger partial charge >= 0.3 is 0 Å². The summed E-state index contributed by atoms with van der Waals surface area (Å²) in [7, 11) is 0. The van der Waals surface area contributed by atoms with Crippen LogP contribution in [0.2, 0.25) is 0 Å². The van der Waals surface area contributed by atoms with Crippen molar-refractivity contribution in [2.45, 2.75) is 58.2 Å². The smallest absolute Gasteiger partial charge is 0.0842 e. The fourth-order valence-electron chi connectivity index (χ4n) is 2.01. The summed E-state index contributed by atoms with van der Waals surface area (Å²) >= 11 is 0. The van der Waals surface area contributed by atoms with Gasteiger partial charge in [-0.1, -0.05) is 45.0 Å². The summed E-state index contributed by atoms with van der Waals surface area (Å²) < 4.78 is 5.42. The monoisotopic (exact) mass is 218 g/mol. The van der Waals surface area contributed by atoms with Crippen LogP contribution in [0.15, 0.2) is 24.3 Å². The van der Waals surface area contributed by atoms with Crippen LogP contribution >= 0.6 is 0 Å². The van der Waals surface area contributed by atoms with E-state index in [1.165, 1.54) is 11.1 Å². The fourth-order valence-corrected chi connectivity index (χ4v) is 2.01. The summed E-state index contributed by atoms with van der Waals surface area (Å²) in [5.41, 5.74) is 3.09. The molecule has 1 aliphatic rings. The van der Waals surface area contributed by atoms with E-state index in [1.54, 1.807) is 0 Å². The van der Waals surface area contributed by atoms with E-state index in [1.807, 2.05) is 0 Å². The zero-order valence-corrected chi connectivity index (χ0v) is 10.8. The maximum absolute atomic E-state index is 5.42. The first-order valence-corrected chi connectivity index (χ1v) is 6.22. The van der Waals surface area contributed by atoms with Crippen LogP contribution in [0.25, 0.3) is 0 Å². The van der Waals surface area contributed by atoms with Crippen molar-refractivity contribution in [2.24, 2.45) is 0 Å². The van der Waals surface area contributed by atoms with E-state index in [2.05, 4.69) is 52.0 Å². The van der Waals surface area contributed by atoms with Crippen LogP contribution in [0.5, 0.6) is 0 Å². The lowest BCUT2D eigenvalue weighted by molar-refractivity contribution is 0.370. The minimum absolute atomic E-state index is 0.257. The number of epoxide rings is 1. The summed E-state index contributed by atoms with van der Waals surface area (Å²) in [4.78, 5) is 0. The normalized spacial score (nSPS) is 24.5. The highest BCUT2D eigenvalue weighted by atomic mass is 16.6. The molecule has 0 radical (unpaired) electrons. The average molecular weight is 218 g/mol. The lowest BCUT2D eigenvalue weighted by Gasteiger charge is -2.19. The molecule has 0 spiro atoms. The van der Waals surface area contributed by atoms with Crippen molar-refractivity contribution in [1.29, 1.82) is 0 Å².